The molecule has 0 saturated carbocycles. The van der Waals surface area contributed by atoms with Crippen LogP contribution in [-0.2, 0) is 13.1 Å². The molecule has 0 unspecified atom stereocenters. The SMILES string of the molecule is CCOc1ccc(CN(C)C(=NC)NCc2ccnc(N3CCCC3)c2)cc1.I. The van der Waals surface area contributed by atoms with Crippen molar-refractivity contribution in [3.63, 3.8) is 0 Å². The predicted molar refractivity (Wildman–Crippen MR) is 130 cm³/mol. The lowest BCUT2D eigenvalue weighted by Crippen LogP contribution is -2.38. The number of hydrogen-bond acceptors (Lipinski definition) is 4. The summed E-state index contributed by atoms with van der Waals surface area (Å²) >= 11 is 0. The summed E-state index contributed by atoms with van der Waals surface area (Å²) in [6.45, 7) is 6.40. The number of aliphatic imine (C=N–C) groups is 1. The molecule has 1 saturated heterocycles. The third-order valence-corrected chi connectivity index (χ3v) is 4.92. The number of pyridine rings is 1. The average Bonchev–Trinajstić information content (AvgIpc) is 3.25. The number of ether oxygens (including phenoxy) is 1. The molecule has 0 atom stereocenters. The molecule has 0 aliphatic carbocycles. The van der Waals surface area contributed by atoms with Gasteiger partial charge in [-0.3, -0.25) is 4.99 Å². The molecule has 2 aromatic rings. The number of guanidine groups is 1. The molecule has 0 bridgehead atoms. The number of aromatic nitrogens is 1. The molecular formula is C22H32IN5O. The molecule has 0 radical (unpaired) electrons. The highest BCUT2D eigenvalue weighted by molar-refractivity contribution is 14.0. The molecule has 29 heavy (non-hydrogen) atoms. The maximum atomic E-state index is 5.51. The minimum atomic E-state index is 0. The molecule has 1 fully saturated rings. The second-order valence-electron chi connectivity index (χ2n) is 7.05. The van der Waals surface area contributed by atoms with E-state index in [1.807, 2.05) is 39.3 Å². The molecule has 7 heteroatoms. The first-order valence-corrected chi connectivity index (χ1v) is 10.0. The van der Waals surface area contributed by atoms with Gasteiger partial charge in [-0.2, -0.15) is 0 Å². The minimum absolute atomic E-state index is 0. The van der Waals surface area contributed by atoms with Crippen LogP contribution in [0.15, 0.2) is 47.6 Å². The number of nitrogens with zero attached hydrogens (tertiary/aromatic N) is 4. The highest BCUT2D eigenvalue weighted by Gasteiger charge is 2.14. The summed E-state index contributed by atoms with van der Waals surface area (Å²) < 4.78 is 5.51. The molecule has 158 valence electrons. The quantitative estimate of drug-likeness (QED) is 0.349. The lowest BCUT2D eigenvalue weighted by molar-refractivity contribution is 0.340. The number of hydrogen-bond donors (Lipinski definition) is 1. The van der Waals surface area contributed by atoms with Crippen molar-refractivity contribution in [3.05, 3.63) is 53.7 Å². The molecule has 1 N–H and O–H groups in total. The van der Waals surface area contributed by atoms with Gasteiger partial charge < -0.3 is 19.9 Å². The standard InChI is InChI=1S/C22H31N5O.HI/c1-4-28-20-9-7-18(8-10-20)17-26(3)22(23-2)25-16-19-11-12-24-21(15-19)27-13-5-6-14-27;/h7-12,15H,4-6,13-14,16-17H2,1-3H3,(H,23,25);1H. The van der Waals surface area contributed by atoms with Crippen molar-refractivity contribution in [3.8, 4) is 5.75 Å². The van der Waals surface area contributed by atoms with Gasteiger partial charge in [-0.05, 0) is 55.2 Å². The molecule has 1 aromatic heterocycles. The van der Waals surface area contributed by atoms with E-state index < -0.39 is 0 Å². The summed E-state index contributed by atoms with van der Waals surface area (Å²) in [4.78, 5) is 13.4. The van der Waals surface area contributed by atoms with Crippen LogP contribution in [0.2, 0.25) is 0 Å². The van der Waals surface area contributed by atoms with Crippen LogP contribution in [0.5, 0.6) is 5.75 Å². The normalized spacial score (nSPS) is 13.8. The summed E-state index contributed by atoms with van der Waals surface area (Å²) in [5.41, 5.74) is 2.43. The Balaban J connectivity index is 0.00000300. The molecule has 6 nitrogen and oxygen atoms in total. The fraction of sp³-hybridized carbons (Fsp3) is 0.455. The first kappa shape index (κ1) is 23.3. The minimum Gasteiger partial charge on any atom is -0.494 e. The number of nitrogens with one attached hydrogen (secondary N) is 1. The van der Waals surface area contributed by atoms with E-state index in [1.165, 1.54) is 24.0 Å². The third kappa shape index (κ3) is 6.76. The number of anilines is 1. The topological polar surface area (TPSA) is 53.0 Å². The summed E-state index contributed by atoms with van der Waals surface area (Å²) in [6.07, 6.45) is 4.41. The molecule has 3 rings (SSSR count). The van der Waals surface area contributed by atoms with E-state index in [0.717, 1.165) is 43.7 Å². The van der Waals surface area contributed by atoms with E-state index in [-0.39, 0.29) is 24.0 Å². The first-order valence-electron chi connectivity index (χ1n) is 10.0. The van der Waals surface area contributed by atoms with Gasteiger partial charge in [0.05, 0.1) is 6.61 Å². The summed E-state index contributed by atoms with van der Waals surface area (Å²) in [5, 5.41) is 3.46. The lowest BCUT2D eigenvalue weighted by Gasteiger charge is -2.23. The van der Waals surface area contributed by atoms with E-state index >= 15 is 0 Å². The third-order valence-electron chi connectivity index (χ3n) is 4.92. The van der Waals surface area contributed by atoms with Gasteiger partial charge >= 0.3 is 0 Å². The molecule has 1 aliphatic heterocycles. The molecule has 0 spiro atoms. The van der Waals surface area contributed by atoms with Gasteiger partial charge in [0.25, 0.3) is 0 Å². The molecule has 2 heterocycles. The van der Waals surface area contributed by atoms with Crippen LogP contribution in [0.3, 0.4) is 0 Å². The van der Waals surface area contributed by atoms with E-state index in [0.29, 0.717) is 6.61 Å². The summed E-state index contributed by atoms with van der Waals surface area (Å²) in [5.74, 6) is 2.85. The molecule has 0 amide bonds. The lowest BCUT2D eigenvalue weighted by atomic mass is 10.2. The van der Waals surface area contributed by atoms with E-state index in [2.05, 4.69) is 49.4 Å². The van der Waals surface area contributed by atoms with Crippen LogP contribution < -0.4 is 15.0 Å². The van der Waals surface area contributed by atoms with Crippen LogP contribution in [0, 0.1) is 0 Å². The second-order valence-corrected chi connectivity index (χ2v) is 7.05. The average molecular weight is 509 g/mol. The van der Waals surface area contributed by atoms with Crippen molar-refractivity contribution in [1.29, 1.82) is 0 Å². The monoisotopic (exact) mass is 509 g/mol. The fourth-order valence-corrected chi connectivity index (χ4v) is 3.46. The van der Waals surface area contributed by atoms with Crippen molar-refractivity contribution in [2.75, 3.05) is 38.7 Å². The van der Waals surface area contributed by atoms with Gasteiger partial charge in [0.15, 0.2) is 5.96 Å². The van der Waals surface area contributed by atoms with Gasteiger partial charge in [-0.15, -0.1) is 24.0 Å². The van der Waals surface area contributed by atoms with Crippen molar-refractivity contribution in [2.45, 2.75) is 32.9 Å². The molecular weight excluding hydrogens is 477 g/mol. The fourth-order valence-electron chi connectivity index (χ4n) is 3.46. The Morgan fingerprint density at radius 1 is 1.17 bits per heavy atom. The van der Waals surface area contributed by atoms with Gasteiger partial charge in [-0.1, -0.05) is 12.1 Å². The Kier molecular flexibility index (Phi) is 9.50. The maximum absolute atomic E-state index is 5.51. The second kappa shape index (κ2) is 11.8. The maximum Gasteiger partial charge on any atom is 0.193 e. The van der Waals surface area contributed by atoms with Crippen LogP contribution in [-0.4, -0.2) is 49.6 Å². The smallest absolute Gasteiger partial charge is 0.193 e. The zero-order chi connectivity index (χ0) is 19.8. The van der Waals surface area contributed by atoms with Crippen molar-refractivity contribution in [2.24, 2.45) is 4.99 Å². The van der Waals surface area contributed by atoms with Gasteiger partial charge in [-0.25, -0.2) is 4.98 Å². The summed E-state index contributed by atoms with van der Waals surface area (Å²) in [6, 6.07) is 12.5. The first-order chi connectivity index (χ1) is 13.7. The van der Waals surface area contributed by atoms with Crippen molar-refractivity contribution in [1.82, 2.24) is 15.2 Å². The van der Waals surface area contributed by atoms with Crippen molar-refractivity contribution >= 4 is 35.8 Å². The number of halogens is 1. The van der Waals surface area contributed by atoms with Gasteiger partial charge in [0.1, 0.15) is 11.6 Å². The Labute approximate surface area is 191 Å². The van der Waals surface area contributed by atoms with Crippen LogP contribution in [0.25, 0.3) is 0 Å². The number of benzene rings is 1. The zero-order valence-corrected chi connectivity index (χ0v) is 19.9. The zero-order valence-electron chi connectivity index (χ0n) is 17.6. The Morgan fingerprint density at radius 2 is 1.90 bits per heavy atom. The summed E-state index contributed by atoms with van der Waals surface area (Å²) in [7, 11) is 3.87. The highest BCUT2D eigenvalue weighted by Crippen LogP contribution is 2.18. The van der Waals surface area contributed by atoms with Crippen LogP contribution in [0.4, 0.5) is 5.82 Å². The predicted octanol–water partition coefficient (Wildman–Crippen LogP) is 3.91. The van der Waals surface area contributed by atoms with Crippen molar-refractivity contribution < 1.29 is 4.74 Å². The van der Waals surface area contributed by atoms with E-state index in [9.17, 15) is 0 Å². The van der Waals surface area contributed by atoms with Crippen LogP contribution in [0.1, 0.15) is 30.9 Å². The van der Waals surface area contributed by atoms with Gasteiger partial charge in [0.2, 0.25) is 0 Å². The van der Waals surface area contributed by atoms with E-state index in [1.54, 1.807) is 0 Å². The number of rotatable bonds is 7. The highest BCUT2D eigenvalue weighted by atomic mass is 127. The van der Waals surface area contributed by atoms with Crippen LogP contribution >= 0.6 is 24.0 Å². The van der Waals surface area contributed by atoms with Gasteiger partial charge in [0, 0.05) is 46.5 Å². The Hall–Kier alpha value is -2.03. The Bertz CT molecular complexity index is 775. The molecule has 1 aliphatic rings. The largest absolute Gasteiger partial charge is 0.494 e. The molecule has 1 aromatic carbocycles. The van der Waals surface area contributed by atoms with E-state index in [4.69, 9.17) is 4.74 Å². The Morgan fingerprint density at radius 3 is 2.55 bits per heavy atom.